The molecule has 0 radical (unpaired) electrons. The summed E-state index contributed by atoms with van der Waals surface area (Å²) in [6.07, 6.45) is 3.68. The maximum Gasteiger partial charge on any atom is 0.225 e. The van der Waals surface area contributed by atoms with E-state index in [0.717, 1.165) is 19.4 Å². The number of aromatic nitrogens is 2. The fourth-order valence-electron chi connectivity index (χ4n) is 1.17. The molecule has 0 aromatic carbocycles. The normalized spacial score (nSPS) is 12.2. The van der Waals surface area contributed by atoms with E-state index in [1.54, 1.807) is 19.4 Å². The second-order valence-electron chi connectivity index (χ2n) is 3.47. The molecule has 1 heterocycles. The van der Waals surface area contributed by atoms with Crippen LogP contribution in [0.4, 0.5) is 5.95 Å². The Hall–Kier alpha value is -1.36. The molecule has 15 heavy (non-hydrogen) atoms. The molecule has 1 aromatic heterocycles. The second-order valence-corrected chi connectivity index (χ2v) is 3.47. The van der Waals surface area contributed by atoms with Crippen LogP contribution in [0.1, 0.15) is 19.8 Å². The average molecular weight is 210 g/mol. The molecule has 0 aliphatic heterocycles. The van der Waals surface area contributed by atoms with E-state index in [1.165, 1.54) is 0 Å². The zero-order chi connectivity index (χ0) is 11.1. The van der Waals surface area contributed by atoms with Gasteiger partial charge in [-0.3, -0.25) is 0 Å². The molecule has 1 aromatic rings. The van der Waals surface area contributed by atoms with Gasteiger partial charge in [0.2, 0.25) is 11.8 Å². The zero-order valence-electron chi connectivity index (χ0n) is 9.23. The molecule has 0 saturated carbocycles. The van der Waals surface area contributed by atoms with Gasteiger partial charge in [0, 0.05) is 24.8 Å². The minimum atomic E-state index is 0.248. The fraction of sp³-hybridized carbons (Fsp3) is 0.600. The summed E-state index contributed by atoms with van der Waals surface area (Å²) in [7, 11) is 1.59. The molecule has 0 amide bonds. The lowest BCUT2D eigenvalue weighted by atomic mass is 10.2. The maximum absolute atomic E-state index is 5.64. The highest BCUT2D eigenvalue weighted by molar-refractivity contribution is 5.26. The number of anilines is 1. The first-order chi connectivity index (χ1) is 7.22. The predicted octanol–water partition coefficient (Wildman–Crippen LogP) is 1.02. The van der Waals surface area contributed by atoms with Crippen LogP contribution in [0.25, 0.3) is 0 Å². The van der Waals surface area contributed by atoms with Crippen LogP contribution >= 0.6 is 0 Å². The fourth-order valence-corrected chi connectivity index (χ4v) is 1.17. The van der Waals surface area contributed by atoms with Gasteiger partial charge in [-0.05, 0) is 19.8 Å². The van der Waals surface area contributed by atoms with Crippen molar-refractivity contribution in [2.75, 3.05) is 19.0 Å². The molecule has 0 aliphatic rings. The summed E-state index contributed by atoms with van der Waals surface area (Å²) >= 11 is 0. The minimum Gasteiger partial charge on any atom is -0.481 e. The summed E-state index contributed by atoms with van der Waals surface area (Å²) in [5.41, 5.74) is 5.64. The van der Waals surface area contributed by atoms with Gasteiger partial charge < -0.3 is 15.8 Å². The Kier molecular flexibility index (Phi) is 4.83. The van der Waals surface area contributed by atoms with Gasteiger partial charge in [-0.15, -0.1) is 0 Å². The van der Waals surface area contributed by atoms with Gasteiger partial charge in [-0.1, -0.05) is 0 Å². The number of nitrogens with one attached hydrogen (secondary N) is 1. The van der Waals surface area contributed by atoms with Gasteiger partial charge in [-0.25, -0.2) is 4.98 Å². The first kappa shape index (κ1) is 11.7. The lowest BCUT2D eigenvalue weighted by molar-refractivity contribution is 0.397. The Morgan fingerprint density at radius 1 is 1.60 bits per heavy atom. The highest BCUT2D eigenvalue weighted by Crippen LogP contribution is 2.07. The van der Waals surface area contributed by atoms with Gasteiger partial charge in [0.1, 0.15) is 0 Å². The van der Waals surface area contributed by atoms with Crippen molar-refractivity contribution < 1.29 is 4.74 Å². The number of nitrogens with zero attached hydrogens (tertiary/aromatic N) is 2. The molecular weight excluding hydrogens is 192 g/mol. The molecule has 0 spiro atoms. The predicted molar refractivity (Wildman–Crippen MR) is 60.0 cm³/mol. The molecule has 1 atom stereocenters. The molecule has 0 fully saturated rings. The van der Waals surface area contributed by atoms with Crippen LogP contribution in [0.15, 0.2) is 12.3 Å². The number of hydrogen-bond acceptors (Lipinski definition) is 5. The maximum atomic E-state index is 5.64. The summed E-state index contributed by atoms with van der Waals surface area (Å²) in [6, 6.07) is 1.96. The van der Waals surface area contributed by atoms with Crippen LogP contribution in [-0.4, -0.2) is 29.7 Å². The Morgan fingerprint density at radius 2 is 2.40 bits per heavy atom. The molecule has 0 saturated heterocycles. The molecule has 3 N–H and O–H groups in total. The lowest BCUT2D eigenvalue weighted by Gasteiger charge is -2.07. The van der Waals surface area contributed by atoms with Crippen molar-refractivity contribution >= 4 is 5.95 Å². The van der Waals surface area contributed by atoms with E-state index in [-0.39, 0.29) is 6.04 Å². The zero-order valence-corrected chi connectivity index (χ0v) is 9.23. The van der Waals surface area contributed by atoms with Crippen molar-refractivity contribution in [3.63, 3.8) is 0 Å². The summed E-state index contributed by atoms with van der Waals surface area (Å²) < 4.78 is 4.99. The first-order valence-electron chi connectivity index (χ1n) is 5.09. The van der Waals surface area contributed by atoms with E-state index in [0.29, 0.717) is 11.8 Å². The Labute approximate surface area is 90.1 Å². The van der Waals surface area contributed by atoms with Gasteiger partial charge in [0.05, 0.1) is 7.11 Å². The third-order valence-electron chi connectivity index (χ3n) is 1.96. The van der Waals surface area contributed by atoms with Crippen molar-refractivity contribution in [3.05, 3.63) is 12.3 Å². The van der Waals surface area contributed by atoms with Gasteiger partial charge in [0.25, 0.3) is 0 Å². The van der Waals surface area contributed by atoms with Crippen molar-refractivity contribution in [2.24, 2.45) is 5.73 Å². The number of ether oxygens (including phenoxy) is 1. The van der Waals surface area contributed by atoms with E-state index >= 15 is 0 Å². The van der Waals surface area contributed by atoms with Crippen molar-refractivity contribution in [1.29, 1.82) is 0 Å². The van der Waals surface area contributed by atoms with Crippen LogP contribution in [0.5, 0.6) is 5.88 Å². The third kappa shape index (κ3) is 4.60. The molecule has 0 bridgehead atoms. The van der Waals surface area contributed by atoms with Crippen molar-refractivity contribution in [3.8, 4) is 5.88 Å². The van der Waals surface area contributed by atoms with Crippen LogP contribution in [0.2, 0.25) is 0 Å². The molecular formula is C10H18N4O. The standard InChI is InChI=1S/C10H18N4O/c1-8(11)4-3-6-12-10-13-7-5-9(14-10)15-2/h5,7-8H,3-4,6,11H2,1-2H3,(H,12,13,14). The van der Waals surface area contributed by atoms with Crippen LogP contribution in [0, 0.1) is 0 Å². The van der Waals surface area contributed by atoms with Crippen molar-refractivity contribution in [1.82, 2.24) is 9.97 Å². The largest absolute Gasteiger partial charge is 0.481 e. The highest BCUT2D eigenvalue weighted by atomic mass is 16.5. The van der Waals surface area contributed by atoms with E-state index in [2.05, 4.69) is 15.3 Å². The van der Waals surface area contributed by atoms with E-state index in [9.17, 15) is 0 Å². The number of methoxy groups -OCH3 is 1. The molecule has 84 valence electrons. The van der Waals surface area contributed by atoms with Gasteiger partial charge in [0.15, 0.2) is 0 Å². The van der Waals surface area contributed by atoms with Gasteiger partial charge in [-0.2, -0.15) is 4.98 Å². The van der Waals surface area contributed by atoms with E-state index in [1.807, 2.05) is 6.92 Å². The quantitative estimate of drug-likeness (QED) is 0.686. The summed E-state index contributed by atoms with van der Waals surface area (Å²) in [6.45, 7) is 2.83. The number of hydrogen-bond donors (Lipinski definition) is 2. The van der Waals surface area contributed by atoms with Crippen LogP contribution in [0.3, 0.4) is 0 Å². The van der Waals surface area contributed by atoms with Crippen LogP contribution in [-0.2, 0) is 0 Å². The topological polar surface area (TPSA) is 73.1 Å². The summed E-state index contributed by atoms with van der Waals surface area (Å²) in [4.78, 5) is 8.20. The smallest absolute Gasteiger partial charge is 0.225 e. The van der Waals surface area contributed by atoms with E-state index < -0.39 is 0 Å². The van der Waals surface area contributed by atoms with Crippen LogP contribution < -0.4 is 15.8 Å². The summed E-state index contributed by atoms with van der Waals surface area (Å²) in [5.74, 6) is 1.17. The molecule has 1 rings (SSSR count). The molecule has 0 aliphatic carbocycles. The molecule has 5 heteroatoms. The lowest BCUT2D eigenvalue weighted by Crippen LogP contribution is -2.16. The third-order valence-corrected chi connectivity index (χ3v) is 1.96. The average Bonchev–Trinajstić information content (AvgIpc) is 2.24. The minimum absolute atomic E-state index is 0.248. The SMILES string of the molecule is COc1ccnc(NCCCC(C)N)n1. The Morgan fingerprint density at radius 3 is 3.07 bits per heavy atom. The second kappa shape index (κ2) is 6.19. The van der Waals surface area contributed by atoms with E-state index in [4.69, 9.17) is 10.5 Å². The number of rotatable bonds is 6. The molecule has 5 nitrogen and oxygen atoms in total. The highest BCUT2D eigenvalue weighted by Gasteiger charge is 1.98. The van der Waals surface area contributed by atoms with Crippen molar-refractivity contribution in [2.45, 2.75) is 25.8 Å². The molecule has 1 unspecified atom stereocenters. The monoisotopic (exact) mass is 210 g/mol. The van der Waals surface area contributed by atoms with Gasteiger partial charge >= 0.3 is 0 Å². The number of nitrogens with two attached hydrogens (primary N) is 1. The Balaban J connectivity index is 2.30. The first-order valence-corrected chi connectivity index (χ1v) is 5.09. The Bertz CT molecular complexity index is 291. The summed E-state index contributed by atoms with van der Waals surface area (Å²) in [5, 5.41) is 3.12.